The molecular weight excluding hydrogens is 344 g/mol. The average Bonchev–Trinajstić information content (AvgIpc) is 2.90. The lowest BCUT2D eigenvalue weighted by Crippen LogP contribution is -2.44. The molecule has 2 aromatic rings. The predicted molar refractivity (Wildman–Crippen MR) is 89.6 cm³/mol. The van der Waals surface area contributed by atoms with Gasteiger partial charge in [0.25, 0.3) is 0 Å². The summed E-state index contributed by atoms with van der Waals surface area (Å²) in [5, 5.41) is 1.28. The minimum absolute atomic E-state index is 0.163. The van der Waals surface area contributed by atoms with Crippen LogP contribution in [0, 0.1) is 5.92 Å². The summed E-state index contributed by atoms with van der Waals surface area (Å²) in [5.41, 5.74) is 4.95. The van der Waals surface area contributed by atoms with Crippen LogP contribution in [0.15, 0.2) is 28.9 Å². The molecule has 1 aromatic heterocycles. The van der Waals surface area contributed by atoms with Crippen LogP contribution >= 0.6 is 15.9 Å². The Kier molecular flexibility index (Phi) is 3.16. The molecule has 0 spiro atoms. The largest absolute Gasteiger partial charge is 0.469 e. The van der Waals surface area contributed by atoms with Crippen LogP contribution in [0.3, 0.4) is 0 Å². The van der Waals surface area contributed by atoms with Crippen LogP contribution in [0.25, 0.3) is 16.5 Å². The first kappa shape index (κ1) is 14.0. The van der Waals surface area contributed by atoms with Gasteiger partial charge in [0, 0.05) is 34.2 Å². The highest BCUT2D eigenvalue weighted by Gasteiger charge is 2.36. The van der Waals surface area contributed by atoms with Gasteiger partial charge in [-0.05, 0) is 42.3 Å². The zero-order valence-corrected chi connectivity index (χ0v) is 14.1. The van der Waals surface area contributed by atoms with Crippen molar-refractivity contribution in [2.75, 3.05) is 20.7 Å². The maximum atomic E-state index is 12.0. The fraction of sp³-hybridized carbons (Fsp3) is 0.353. The van der Waals surface area contributed by atoms with Gasteiger partial charge < -0.3 is 9.72 Å². The molecule has 114 valence electrons. The third kappa shape index (κ3) is 1.96. The van der Waals surface area contributed by atoms with Crippen molar-refractivity contribution in [2.24, 2.45) is 5.92 Å². The van der Waals surface area contributed by atoms with Crippen LogP contribution in [0.1, 0.15) is 11.1 Å². The first-order chi connectivity index (χ1) is 10.6. The molecule has 0 radical (unpaired) electrons. The standard InChI is InChI=1S/C17H17BrN2O2/c1-20-8-10(17(21)22-2)3-12-13-5-11(18)6-14-16(13)9(7-19-14)4-15(12)20/h3,5-7,10,15,19H,4,8H2,1-2H3/t10-,15-/m1/s1. The number of methoxy groups -OCH3 is 1. The Morgan fingerprint density at radius 1 is 1.45 bits per heavy atom. The first-order valence-corrected chi connectivity index (χ1v) is 8.17. The number of nitrogens with zero attached hydrogens (tertiary/aromatic N) is 1. The van der Waals surface area contributed by atoms with E-state index >= 15 is 0 Å². The van der Waals surface area contributed by atoms with E-state index in [9.17, 15) is 4.79 Å². The molecule has 22 heavy (non-hydrogen) atoms. The summed E-state index contributed by atoms with van der Waals surface area (Å²) in [6.45, 7) is 0.706. The molecule has 5 heteroatoms. The van der Waals surface area contributed by atoms with Crippen molar-refractivity contribution < 1.29 is 9.53 Å². The van der Waals surface area contributed by atoms with Crippen LogP contribution in [-0.2, 0) is 16.0 Å². The topological polar surface area (TPSA) is 45.3 Å². The van der Waals surface area contributed by atoms with Gasteiger partial charge in [0.05, 0.1) is 13.0 Å². The second-order valence-corrected chi connectivity index (χ2v) is 7.02. The number of likely N-dealkylation sites (N-methyl/N-ethyl adjacent to an activating group) is 1. The van der Waals surface area contributed by atoms with Crippen LogP contribution in [0.5, 0.6) is 0 Å². The van der Waals surface area contributed by atoms with Crippen molar-refractivity contribution in [1.82, 2.24) is 9.88 Å². The second kappa shape index (κ2) is 4.96. The molecule has 0 saturated heterocycles. The Balaban J connectivity index is 1.93. The average molecular weight is 361 g/mol. The summed E-state index contributed by atoms with van der Waals surface area (Å²) in [5.74, 6) is -0.361. The Hall–Kier alpha value is -1.59. The van der Waals surface area contributed by atoms with E-state index in [4.69, 9.17) is 4.74 Å². The Morgan fingerprint density at radius 3 is 3.05 bits per heavy atom. The highest BCUT2D eigenvalue weighted by atomic mass is 79.9. The molecular formula is C17H17BrN2O2. The molecule has 4 nitrogen and oxygen atoms in total. The van der Waals surface area contributed by atoms with E-state index in [0.29, 0.717) is 12.6 Å². The van der Waals surface area contributed by atoms with Gasteiger partial charge in [0.2, 0.25) is 0 Å². The molecule has 4 rings (SSSR count). The number of fused-ring (bicyclic) bond motifs is 2. The minimum atomic E-state index is -0.198. The van der Waals surface area contributed by atoms with E-state index in [1.807, 2.05) is 0 Å². The number of benzene rings is 1. The zero-order valence-electron chi connectivity index (χ0n) is 12.5. The van der Waals surface area contributed by atoms with Crippen LogP contribution in [0.4, 0.5) is 0 Å². The number of hydrogen-bond donors (Lipinski definition) is 1. The Morgan fingerprint density at radius 2 is 2.27 bits per heavy atom. The third-order valence-corrected chi connectivity index (χ3v) is 5.27. The van der Waals surface area contributed by atoms with Crippen LogP contribution in [0.2, 0.25) is 0 Å². The highest BCUT2D eigenvalue weighted by molar-refractivity contribution is 9.10. The number of esters is 1. The first-order valence-electron chi connectivity index (χ1n) is 7.38. The molecule has 1 aliphatic heterocycles. The predicted octanol–water partition coefficient (Wildman–Crippen LogP) is 2.97. The summed E-state index contributed by atoms with van der Waals surface area (Å²) in [6, 6.07) is 4.58. The normalized spacial score (nSPS) is 24.0. The number of carbonyl (C=O) groups is 1. The Labute approximate surface area is 137 Å². The minimum Gasteiger partial charge on any atom is -0.469 e. The van der Waals surface area contributed by atoms with Gasteiger partial charge in [0.1, 0.15) is 0 Å². The fourth-order valence-electron chi connectivity index (χ4n) is 3.79. The molecule has 2 atom stereocenters. The number of ether oxygens (including phenoxy) is 1. The number of aromatic amines is 1. The van der Waals surface area contributed by atoms with E-state index in [0.717, 1.165) is 16.4 Å². The second-order valence-electron chi connectivity index (χ2n) is 6.10. The summed E-state index contributed by atoms with van der Waals surface area (Å²) < 4.78 is 5.99. The molecule has 0 amide bonds. The molecule has 1 aliphatic carbocycles. The fourth-order valence-corrected chi connectivity index (χ4v) is 4.24. The lowest BCUT2D eigenvalue weighted by atomic mass is 9.80. The van der Waals surface area contributed by atoms with Gasteiger partial charge in [-0.2, -0.15) is 0 Å². The van der Waals surface area contributed by atoms with Gasteiger partial charge >= 0.3 is 5.97 Å². The number of hydrogen-bond acceptors (Lipinski definition) is 3. The maximum absolute atomic E-state index is 12.0. The summed E-state index contributed by atoms with van der Waals surface area (Å²) >= 11 is 3.59. The molecule has 2 heterocycles. The van der Waals surface area contributed by atoms with E-state index in [1.54, 1.807) is 0 Å². The maximum Gasteiger partial charge on any atom is 0.313 e. The molecule has 0 bridgehead atoms. The molecule has 2 aliphatic rings. The van der Waals surface area contributed by atoms with Crippen molar-refractivity contribution in [2.45, 2.75) is 12.5 Å². The van der Waals surface area contributed by atoms with Crippen molar-refractivity contribution in [3.05, 3.63) is 40.0 Å². The summed E-state index contributed by atoms with van der Waals surface area (Å²) in [6.07, 6.45) is 5.19. The quantitative estimate of drug-likeness (QED) is 0.795. The van der Waals surface area contributed by atoms with Gasteiger partial charge in [-0.25, -0.2) is 0 Å². The van der Waals surface area contributed by atoms with Gasteiger partial charge in [0.15, 0.2) is 0 Å². The van der Waals surface area contributed by atoms with Gasteiger partial charge in [-0.1, -0.05) is 22.0 Å². The lowest BCUT2D eigenvalue weighted by molar-refractivity contribution is -0.144. The molecule has 0 saturated carbocycles. The number of rotatable bonds is 1. The van der Waals surface area contributed by atoms with Crippen molar-refractivity contribution in [3.63, 3.8) is 0 Å². The van der Waals surface area contributed by atoms with Gasteiger partial charge in [-0.3, -0.25) is 9.69 Å². The summed E-state index contributed by atoms with van der Waals surface area (Å²) in [4.78, 5) is 17.6. The van der Waals surface area contributed by atoms with Crippen molar-refractivity contribution in [1.29, 1.82) is 0 Å². The van der Waals surface area contributed by atoms with E-state index < -0.39 is 0 Å². The highest BCUT2D eigenvalue weighted by Crippen LogP contribution is 2.42. The summed E-state index contributed by atoms with van der Waals surface area (Å²) in [7, 11) is 3.54. The lowest BCUT2D eigenvalue weighted by Gasteiger charge is -2.39. The number of nitrogens with one attached hydrogen (secondary N) is 1. The monoisotopic (exact) mass is 360 g/mol. The number of halogens is 1. The smallest absolute Gasteiger partial charge is 0.313 e. The van der Waals surface area contributed by atoms with E-state index in [-0.39, 0.29) is 11.9 Å². The number of H-pyrrole nitrogens is 1. The van der Waals surface area contributed by atoms with Crippen molar-refractivity contribution >= 4 is 38.4 Å². The molecule has 0 unspecified atom stereocenters. The van der Waals surface area contributed by atoms with E-state index in [2.05, 4.69) is 57.3 Å². The van der Waals surface area contributed by atoms with Gasteiger partial charge in [-0.15, -0.1) is 0 Å². The molecule has 1 aromatic carbocycles. The van der Waals surface area contributed by atoms with Crippen LogP contribution < -0.4 is 0 Å². The zero-order chi connectivity index (χ0) is 15.4. The molecule has 1 N–H and O–H groups in total. The molecule has 0 fully saturated rings. The third-order valence-electron chi connectivity index (χ3n) is 4.81. The van der Waals surface area contributed by atoms with E-state index in [1.165, 1.54) is 29.2 Å². The SMILES string of the molecule is COC(=O)[C@@H]1C=C2c3cc(Br)cc4[nH]cc(c34)C[C@H]2N(C)C1. The number of aromatic nitrogens is 1. The number of carbonyl (C=O) groups excluding carboxylic acids is 1. The van der Waals surface area contributed by atoms with Crippen LogP contribution in [-0.4, -0.2) is 42.6 Å². The Bertz CT molecular complexity index is 808. The van der Waals surface area contributed by atoms with Crippen molar-refractivity contribution in [3.8, 4) is 0 Å².